The van der Waals surface area contributed by atoms with E-state index in [1.54, 1.807) is 15.9 Å². The number of carbonyl (C=O) groups excluding carboxylic acids is 1. The van der Waals surface area contributed by atoms with Gasteiger partial charge in [-0.1, -0.05) is 30.4 Å². The number of amides is 2. The molecule has 0 bridgehead atoms. The summed E-state index contributed by atoms with van der Waals surface area (Å²) in [5.74, 6) is 0. The predicted molar refractivity (Wildman–Crippen MR) is 105 cm³/mol. The van der Waals surface area contributed by atoms with Crippen molar-refractivity contribution in [3.8, 4) is 0 Å². The fourth-order valence-corrected chi connectivity index (χ4v) is 3.55. The van der Waals surface area contributed by atoms with Crippen LogP contribution >= 0.6 is 11.3 Å². The monoisotopic (exact) mass is 369 g/mol. The molecule has 0 spiro atoms. The minimum Gasteiger partial charge on any atom is -0.338 e. The minimum absolute atomic E-state index is 0.194. The summed E-state index contributed by atoms with van der Waals surface area (Å²) in [5, 5.41) is 12.1. The first-order chi connectivity index (χ1) is 12.4. The Balaban J connectivity index is 1.57. The molecule has 136 valence electrons. The van der Waals surface area contributed by atoms with Crippen LogP contribution in [0.5, 0.6) is 0 Å². The zero-order valence-electron chi connectivity index (χ0n) is 15.2. The van der Waals surface area contributed by atoms with Gasteiger partial charge in [0.25, 0.3) is 0 Å². The highest BCUT2D eigenvalue weighted by Crippen LogP contribution is 2.23. The van der Waals surface area contributed by atoms with Gasteiger partial charge >= 0.3 is 6.03 Å². The van der Waals surface area contributed by atoms with Crippen LogP contribution in [0.25, 0.3) is 10.5 Å². The third-order valence-electron chi connectivity index (χ3n) is 4.26. The van der Waals surface area contributed by atoms with Gasteiger partial charge in [-0.05, 0) is 38.0 Å². The van der Waals surface area contributed by atoms with E-state index in [0.717, 1.165) is 27.4 Å². The van der Waals surface area contributed by atoms with Gasteiger partial charge in [-0.2, -0.15) is 5.10 Å². The van der Waals surface area contributed by atoms with E-state index < -0.39 is 5.54 Å². The standard InChI is InChI=1S/C19H23N5OS/c1-13(2)14-6-5-7-15(10-14)19(3,4)23-17(25)20-9-8-16-11-26-18-21-12-22-24(16)18/h5-7,10-12H,1,8-9H2,2-4H3,(H2,20,23,25). The third kappa shape index (κ3) is 3.94. The number of urea groups is 1. The van der Waals surface area contributed by atoms with Gasteiger partial charge in [0, 0.05) is 18.3 Å². The number of benzene rings is 1. The summed E-state index contributed by atoms with van der Waals surface area (Å²) in [6.07, 6.45) is 2.24. The second kappa shape index (κ2) is 7.29. The van der Waals surface area contributed by atoms with E-state index in [1.807, 2.05) is 44.4 Å². The second-order valence-corrected chi connectivity index (χ2v) is 7.64. The quantitative estimate of drug-likeness (QED) is 0.697. The van der Waals surface area contributed by atoms with Crippen LogP contribution in [0.2, 0.25) is 0 Å². The number of allylic oxidation sites excluding steroid dienone is 1. The Morgan fingerprint density at radius 1 is 1.38 bits per heavy atom. The molecule has 0 saturated heterocycles. The van der Waals surface area contributed by atoms with Crippen molar-refractivity contribution in [2.24, 2.45) is 0 Å². The number of nitrogens with zero attached hydrogens (tertiary/aromatic N) is 3. The van der Waals surface area contributed by atoms with E-state index in [0.29, 0.717) is 13.0 Å². The van der Waals surface area contributed by atoms with Crippen molar-refractivity contribution in [3.05, 3.63) is 59.4 Å². The summed E-state index contributed by atoms with van der Waals surface area (Å²) in [7, 11) is 0. The Morgan fingerprint density at radius 2 is 2.19 bits per heavy atom. The fourth-order valence-electron chi connectivity index (χ4n) is 2.72. The molecule has 1 aromatic carbocycles. The number of carbonyl (C=O) groups is 1. The van der Waals surface area contributed by atoms with E-state index in [2.05, 4.69) is 33.4 Å². The van der Waals surface area contributed by atoms with Gasteiger partial charge in [-0.25, -0.2) is 14.3 Å². The van der Waals surface area contributed by atoms with Gasteiger partial charge in [-0.15, -0.1) is 11.3 Å². The topological polar surface area (TPSA) is 71.3 Å². The average molecular weight is 369 g/mol. The average Bonchev–Trinajstić information content (AvgIpc) is 3.19. The highest BCUT2D eigenvalue weighted by molar-refractivity contribution is 7.15. The molecule has 0 aliphatic rings. The Hall–Kier alpha value is -2.67. The van der Waals surface area contributed by atoms with Crippen LogP contribution in [0.15, 0.2) is 42.6 Å². The summed E-state index contributed by atoms with van der Waals surface area (Å²) in [6, 6.07) is 7.89. The molecule has 0 fully saturated rings. The molecule has 2 N–H and O–H groups in total. The molecule has 3 rings (SSSR count). The van der Waals surface area contributed by atoms with E-state index in [4.69, 9.17) is 0 Å². The van der Waals surface area contributed by atoms with Crippen LogP contribution in [0, 0.1) is 0 Å². The molecule has 0 aliphatic heterocycles. The summed E-state index contributed by atoms with van der Waals surface area (Å²) in [4.78, 5) is 17.3. The lowest BCUT2D eigenvalue weighted by atomic mass is 9.92. The predicted octanol–water partition coefficient (Wildman–Crippen LogP) is 3.60. The molecule has 26 heavy (non-hydrogen) atoms. The first-order valence-corrected chi connectivity index (χ1v) is 9.33. The fraction of sp³-hybridized carbons (Fsp3) is 0.316. The third-order valence-corrected chi connectivity index (χ3v) is 5.14. The molecule has 7 heteroatoms. The zero-order valence-corrected chi connectivity index (χ0v) is 16.1. The molecule has 2 aromatic heterocycles. The van der Waals surface area contributed by atoms with Crippen LogP contribution < -0.4 is 10.6 Å². The lowest BCUT2D eigenvalue weighted by Crippen LogP contribution is -2.47. The minimum atomic E-state index is -0.489. The number of nitrogens with one attached hydrogen (secondary N) is 2. The Labute approximate surface area is 157 Å². The maximum absolute atomic E-state index is 12.3. The van der Waals surface area contributed by atoms with Crippen molar-refractivity contribution in [3.63, 3.8) is 0 Å². The Kier molecular flexibility index (Phi) is 5.08. The van der Waals surface area contributed by atoms with Crippen LogP contribution in [0.1, 0.15) is 37.6 Å². The van der Waals surface area contributed by atoms with Crippen LogP contribution in [0.3, 0.4) is 0 Å². The molecule has 2 heterocycles. The van der Waals surface area contributed by atoms with E-state index >= 15 is 0 Å². The Bertz CT molecular complexity index is 940. The lowest BCUT2D eigenvalue weighted by Gasteiger charge is -2.27. The number of hydrogen-bond donors (Lipinski definition) is 2. The molecule has 0 atom stereocenters. The highest BCUT2D eigenvalue weighted by Gasteiger charge is 2.23. The first-order valence-electron chi connectivity index (χ1n) is 8.45. The molecular formula is C19H23N5OS. The normalized spacial score (nSPS) is 11.5. The number of aromatic nitrogens is 3. The van der Waals surface area contributed by atoms with E-state index in [9.17, 15) is 4.79 Å². The second-order valence-electron chi connectivity index (χ2n) is 6.80. The zero-order chi connectivity index (χ0) is 18.7. The smallest absolute Gasteiger partial charge is 0.315 e. The number of fused-ring (bicyclic) bond motifs is 1. The van der Waals surface area contributed by atoms with Crippen molar-refractivity contribution in [1.82, 2.24) is 25.2 Å². The number of hydrogen-bond acceptors (Lipinski definition) is 4. The van der Waals surface area contributed by atoms with Gasteiger partial charge in [0.2, 0.25) is 4.96 Å². The SMILES string of the molecule is C=C(C)c1cccc(C(C)(C)NC(=O)NCCc2csc3ncnn23)c1. The van der Waals surface area contributed by atoms with Crippen LogP contribution in [-0.4, -0.2) is 27.2 Å². The van der Waals surface area contributed by atoms with Crippen molar-refractivity contribution in [2.45, 2.75) is 32.7 Å². The largest absolute Gasteiger partial charge is 0.338 e. The van der Waals surface area contributed by atoms with Gasteiger partial charge in [0.1, 0.15) is 6.33 Å². The first kappa shape index (κ1) is 18.1. The molecule has 0 saturated carbocycles. The van der Waals surface area contributed by atoms with Crippen molar-refractivity contribution < 1.29 is 4.79 Å². The molecule has 6 nitrogen and oxygen atoms in total. The molecule has 0 radical (unpaired) electrons. The molecule has 2 amide bonds. The van der Waals surface area contributed by atoms with E-state index in [-0.39, 0.29) is 6.03 Å². The summed E-state index contributed by atoms with van der Waals surface area (Å²) in [6.45, 7) is 10.5. The molecule has 0 aliphatic carbocycles. The van der Waals surface area contributed by atoms with E-state index in [1.165, 1.54) is 6.33 Å². The van der Waals surface area contributed by atoms with Gasteiger partial charge in [0.15, 0.2) is 0 Å². The Morgan fingerprint density at radius 3 is 2.96 bits per heavy atom. The maximum Gasteiger partial charge on any atom is 0.315 e. The maximum atomic E-state index is 12.3. The number of thiazole rings is 1. The van der Waals surface area contributed by atoms with Gasteiger partial charge in [0.05, 0.1) is 11.2 Å². The van der Waals surface area contributed by atoms with Gasteiger partial charge < -0.3 is 10.6 Å². The molecule has 3 aromatic rings. The van der Waals surface area contributed by atoms with Crippen LogP contribution in [0.4, 0.5) is 4.79 Å². The summed E-state index contributed by atoms with van der Waals surface area (Å²) in [5.41, 5.74) is 3.66. The van der Waals surface area contributed by atoms with Crippen molar-refractivity contribution >= 4 is 27.9 Å². The number of rotatable bonds is 6. The highest BCUT2D eigenvalue weighted by atomic mass is 32.1. The van der Waals surface area contributed by atoms with Gasteiger partial charge in [-0.3, -0.25) is 0 Å². The molecular weight excluding hydrogens is 346 g/mol. The molecule has 0 unspecified atom stereocenters. The van der Waals surface area contributed by atoms with Crippen molar-refractivity contribution in [1.29, 1.82) is 0 Å². The van der Waals surface area contributed by atoms with Crippen LogP contribution in [-0.2, 0) is 12.0 Å². The lowest BCUT2D eigenvalue weighted by molar-refractivity contribution is 0.230. The summed E-state index contributed by atoms with van der Waals surface area (Å²) < 4.78 is 1.80. The van der Waals surface area contributed by atoms with Crippen molar-refractivity contribution in [2.75, 3.05) is 6.54 Å². The summed E-state index contributed by atoms with van der Waals surface area (Å²) >= 11 is 1.54.